The van der Waals surface area contributed by atoms with Crippen molar-refractivity contribution in [2.24, 2.45) is 0 Å². The summed E-state index contributed by atoms with van der Waals surface area (Å²) in [5.41, 5.74) is 6.81. The van der Waals surface area contributed by atoms with Gasteiger partial charge < -0.3 is 4.52 Å². The molecule has 106 valence electrons. The van der Waals surface area contributed by atoms with E-state index in [1.165, 1.54) is 6.07 Å². The lowest BCUT2D eigenvalue weighted by Gasteiger charge is -2.09. The third-order valence-electron chi connectivity index (χ3n) is 3.24. The van der Waals surface area contributed by atoms with Gasteiger partial charge in [-0.2, -0.15) is 16.7 Å². The van der Waals surface area contributed by atoms with Crippen LogP contribution < -0.4 is 10.9 Å². The van der Waals surface area contributed by atoms with Crippen LogP contribution in [-0.4, -0.2) is 16.4 Å². The van der Waals surface area contributed by atoms with Gasteiger partial charge in [-0.1, -0.05) is 23.4 Å². The monoisotopic (exact) mass is 294 g/mol. The Kier molecular flexibility index (Phi) is 4.00. The van der Waals surface area contributed by atoms with E-state index in [1.54, 1.807) is 23.9 Å². The number of thioether (sulfide) groups is 1. The van der Waals surface area contributed by atoms with Crippen molar-refractivity contribution >= 4 is 11.8 Å². The Hall–Kier alpha value is -1.44. The van der Waals surface area contributed by atoms with E-state index >= 15 is 0 Å². The first kappa shape index (κ1) is 13.5. The Labute approximate surface area is 120 Å². The van der Waals surface area contributed by atoms with Crippen molar-refractivity contribution in [1.82, 2.24) is 21.0 Å². The average Bonchev–Trinajstić information content (AvgIpc) is 3.08. The smallest absolute Gasteiger partial charge is 0.245 e. The second kappa shape index (κ2) is 5.90. The third-order valence-corrected chi connectivity index (χ3v) is 3.79. The van der Waals surface area contributed by atoms with Crippen molar-refractivity contribution in [2.75, 3.05) is 6.26 Å². The van der Waals surface area contributed by atoms with Gasteiger partial charge in [-0.05, 0) is 18.7 Å². The van der Waals surface area contributed by atoms with Crippen molar-refractivity contribution in [3.8, 4) is 0 Å². The SMILES string of the molecule is CSCc1noc(C2CC(c3ccccc3F)NN2)n1. The van der Waals surface area contributed by atoms with Gasteiger partial charge >= 0.3 is 0 Å². The lowest BCUT2D eigenvalue weighted by Crippen LogP contribution is -2.27. The minimum atomic E-state index is -0.207. The number of aromatic nitrogens is 2. The molecular formula is C13H15FN4OS. The van der Waals surface area contributed by atoms with Crippen molar-refractivity contribution in [3.63, 3.8) is 0 Å². The minimum Gasteiger partial charge on any atom is -0.338 e. The van der Waals surface area contributed by atoms with Crippen LogP contribution in [0.25, 0.3) is 0 Å². The molecule has 7 heteroatoms. The number of rotatable bonds is 4. The second-order valence-corrected chi connectivity index (χ2v) is 5.50. The minimum absolute atomic E-state index is 0.0947. The molecule has 2 aromatic rings. The number of hydrazine groups is 1. The molecule has 1 aliphatic heterocycles. The van der Waals surface area contributed by atoms with E-state index in [0.29, 0.717) is 23.7 Å². The zero-order chi connectivity index (χ0) is 13.9. The summed E-state index contributed by atoms with van der Waals surface area (Å²) in [6.45, 7) is 0. The topological polar surface area (TPSA) is 63.0 Å². The molecule has 2 unspecified atom stereocenters. The first-order chi connectivity index (χ1) is 9.78. The van der Waals surface area contributed by atoms with Gasteiger partial charge in [0.05, 0.1) is 11.8 Å². The van der Waals surface area contributed by atoms with Gasteiger partial charge in [0.1, 0.15) is 11.9 Å². The lowest BCUT2D eigenvalue weighted by molar-refractivity contribution is 0.337. The molecule has 0 bridgehead atoms. The van der Waals surface area contributed by atoms with Crippen molar-refractivity contribution in [3.05, 3.63) is 47.4 Å². The second-order valence-electron chi connectivity index (χ2n) is 4.63. The van der Waals surface area contributed by atoms with Crippen LogP contribution in [0.5, 0.6) is 0 Å². The van der Waals surface area contributed by atoms with Crippen LogP contribution >= 0.6 is 11.8 Å². The number of nitrogens with one attached hydrogen (secondary N) is 2. The zero-order valence-corrected chi connectivity index (χ0v) is 11.8. The van der Waals surface area contributed by atoms with Crippen molar-refractivity contribution < 1.29 is 8.91 Å². The maximum Gasteiger partial charge on any atom is 0.245 e. The van der Waals surface area contributed by atoms with Gasteiger partial charge in [-0.25, -0.2) is 15.2 Å². The molecule has 0 radical (unpaired) electrons. The molecule has 2 atom stereocenters. The maximum absolute atomic E-state index is 13.8. The summed E-state index contributed by atoms with van der Waals surface area (Å²) in [4.78, 5) is 4.34. The number of hydrogen-bond donors (Lipinski definition) is 2. The van der Waals surface area contributed by atoms with Crippen LogP contribution in [0, 0.1) is 5.82 Å². The molecule has 0 aliphatic carbocycles. The predicted molar refractivity (Wildman–Crippen MR) is 74.3 cm³/mol. The van der Waals surface area contributed by atoms with Crippen LogP contribution in [0.15, 0.2) is 28.8 Å². The quantitative estimate of drug-likeness (QED) is 0.902. The summed E-state index contributed by atoms with van der Waals surface area (Å²) in [6, 6.07) is 6.57. The molecule has 0 spiro atoms. The Morgan fingerprint density at radius 1 is 1.35 bits per heavy atom. The van der Waals surface area contributed by atoms with Crippen molar-refractivity contribution in [2.45, 2.75) is 24.3 Å². The average molecular weight is 294 g/mol. The van der Waals surface area contributed by atoms with Crippen LogP contribution in [0.4, 0.5) is 4.39 Å². The molecule has 3 rings (SSSR count). The molecule has 2 N–H and O–H groups in total. The van der Waals surface area contributed by atoms with Gasteiger partial charge in [0.25, 0.3) is 0 Å². The normalized spacial score (nSPS) is 22.3. The summed E-state index contributed by atoms with van der Waals surface area (Å²) in [5, 5.41) is 3.92. The highest BCUT2D eigenvalue weighted by atomic mass is 32.2. The largest absolute Gasteiger partial charge is 0.338 e. The molecule has 5 nitrogen and oxygen atoms in total. The van der Waals surface area contributed by atoms with E-state index in [1.807, 2.05) is 12.3 Å². The molecule has 0 saturated carbocycles. The summed E-state index contributed by atoms with van der Waals surface area (Å²) in [7, 11) is 0. The molecule has 20 heavy (non-hydrogen) atoms. The van der Waals surface area contributed by atoms with Crippen LogP contribution in [0.3, 0.4) is 0 Å². The number of hydrogen-bond acceptors (Lipinski definition) is 6. The lowest BCUT2D eigenvalue weighted by atomic mass is 10.0. The first-order valence-electron chi connectivity index (χ1n) is 6.35. The summed E-state index contributed by atoms with van der Waals surface area (Å²) >= 11 is 1.64. The predicted octanol–water partition coefficient (Wildman–Crippen LogP) is 2.35. The molecule has 2 heterocycles. The first-order valence-corrected chi connectivity index (χ1v) is 7.74. The summed E-state index contributed by atoms with van der Waals surface area (Å²) in [6.07, 6.45) is 2.65. The van der Waals surface area contributed by atoms with E-state index in [4.69, 9.17) is 4.52 Å². The standard InChI is InChI=1S/C13H15FN4OS/c1-20-7-12-15-13(19-18-12)11-6-10(16-17-11)8-4-2-3-5-9(8)14/h2-5,10-11,16-17H,6-7H2,1H3. The molecular weight excluding hydrogens is 279 g/mol. The summed E-state index contributed by atoms with van der Waals surface area (Å²) in [5.74, 6) is 1.74. The Balaban J connectivity index is 1.71. The van der Waals surface area contributed by atoms with Crippen LogP contribution in [0.1, 0.15) is 35.8 Å². The number of halogens is 1. The fourth-order valence-electron chi connectivity index (χ4n) is 2.28. The maximum atomic E-state index is 13.8. The Morgan fingerprint density at radius 3 is 2.95 bits per heavy atom. The van der Waals surface area contributed by atoms with E-state index in [9.17, 15) is 4.39 Å². The van der Waals surface area contributed by atoms with Crippen LogP contribution in [0.2, 0.25) is 0 Å². The highest BCUT2D eigenvalue weighted by Crippen LogP contribution is 2.31. The van der Waals surface area contributed by atoms with E-state index in [0.717, 1.165) is 5.75 Å². The molecule has 0 amide bonds. The molecule has 1 aromatic heterocycles. The fraction of sp³-hybridized carbons (Fsp3) is 0.385. The van der Waals surface area contributed by atoms with Gasteiger partial charge in [-0.15, -0.1) is 0 Å². The highest BCUT2D eigenvalue weighted by Gasteiger charge is 2.31. The zero-order valence-electron chi connectivity index (χ0n) is 11.0. The fourth-order valence-corrected chi connectivity index (χ4v) is 2.65. The number of benzene rings is 1. The van der Waals surface area contributed by atoms with E-state index < -0.39 is 0 Å². The van der Waals surface area contributed by atoms with E-state index in [2.05, 4.69) is 21.0 Å². The molecule has 1 aromatic carbocycles. The Bertz CT molecular complexity index is 591. The van der Waals surface area contributed by atoms with Gasteiger partial charge in [-0.3, -0.25) is 0 Å². The van der Waals surface area contributed by atoms with E-state index in [-0.39, 0.29) is 17.9 Å². The van der Waals surface area contributed by atoms with Gasteiger partial charge in [0, 0.05) is 5.56 Å². The van der Waals surface area contributed by atoms with Gasteiger partial charge in [0.15, 0.2) is 5.82 Å². The third kappa shape index (κ3) is 2.70. The van der Waals surface area contributed by atoms with Crippen molar-refractivity contribution in [1.29, 1.82) is 0 Å². The molecule has 1 saturated heterocycles. The highest BCUT2D eigenvalue weighted by molar-refractivity contribution is 7.97. The van der Waals surface area contributed by atoms with Crippen LogP contribution in [-0.2, 0) is 5.75 Å². The number of nitrogens with zero attached hydrogens (tertiary/aromatic N) is 2. The molecule has 1 aliphatic rings. The molecule has 1 fully saturated rings. The summed E-state index contributed by atoms with van der Waals surface area (Å²) < 4.78 is 19.0. The van der Waals surface area contributed by atoms with Gasteiger partial charge in [0.2, 0.25) is 5.89 Å². The Morgan fingerprint density at radius 2 is 2.15 bits per heavy atom.